The molecule has 1 aliphatic heterocycles. The first-order chi connectivity index (χ1) is 6.19. The Balaban J connectivity index is 2.65. The van der Waals surface area contributed by atoms with Crippen LogP contribution in [0, 0.1) is 0 Å². The highest BCUT2D eigenvalue weighted by Gasteiger charge is 2.26. The van der Waals surface area contributed by atoms with E-state index in [0.29, 0.717) is 13.2 Å². The first-order valence-electron chi connectivity index (χ1n) is 4.54. The molecule has 1 saturated heterocycles. The average Bonchev–Trinajstić information content (AvgIpc) is 2.16. The van der Waals surface area contributed by atoms with Gasteiger partial charge in [-0.25, -0.2) is 0 Å². The fraction of sp³-hybridized carbons (Fsp3) is 0.875. The van der Waals surface area contributed by atoms with Crippen molar-refractivity contribution >= 4 is 5.96 Å². The molecule has 2 unspecified atom stereocenters. The van der Waals surface area contributed by atoms with Gasteiger partial charge in [0.1, 0.15) is 0 Å². The molecule has 0 bridgehead atoms. The van der Waals surface area contributed by atoms with E-state index in [4.69, 9.17) is 15.7 Å². The van der Waals surface area contributed by atoms with E-state index in [1.165, 1.54) is 0 Å². The fourth-order valence-corrected chi connectivity index (χ4v) is 1.52. The number of ether oxygens (including phenoxy) is 1. The van der Waals surface area contributed by atoms with Crippen LogP contribution in [0.1, 0.15) is 20.3 Å². The molecule has 5 nitrogen and oxygen atoms in total. The maximum Gasteiger partial charge on any atom is 0.233 e. The molecular formula is C8H17N3O2. The first-order valence-corrected chi connectivity index (χ1v) is 4.54. The quantitative estimate of drug-likeness (QED) is 0.266. The van der Waals surface area contributed by atoms with Crippen molar-refractivity contribution in [3.8, 4) is 0 Å². The van der Waals surface area contributed by atoms with Crippen LogP contribution in [0.3, 0.4) is 0 Å². The second-order valence-electron chi connectivity index (χ2n) is 3.32. The molecule has 3 N–H and O–H groups in total. The zero-order valence-corrected chi connectivity index (χ0v) is 8.10. The number of rotatable bonds is 1. The summed E-state index contributed by atoms with van der Waals surface area (Å²) in [7, 11) is 0. The maximum absolute atomic E-state index is 8.57. The largest absolute Gasteiger partial charge is 0.408 e. The molecular weight excluding hydrogens is 170 g/mol. The van der Waals surface area contributed by atoms with Crippen LogP contribution >= 0.6 is 0 Å². The van der Waals surface area contributed by atoms with Crippen molar-refractivity contribution in [3.05, 3.63) is 0 Å². The molecule has 1 fully saturated rings. The standard InChI is InChI=1S/C8H17N3O2/c1-3-7-5-13-6(2)4-11(7)8(9)10-12/h6-7,12H,3-5H2,1-2H3,(H2,9,10). The van der Waals surface area contributed by atoms with Gasteiger partial charge in [0.2, 0.25) is 5.96 Å². The van der Waals surface area contributed by atoms with Crippen LogP contribution in [0.25, 0.3) is 0 Å². The summed E-state index contributed by atoms with van der Waals surface area (Å²) in [5.41, 5.74) is 5.55. The van der Waals surface area contributed by atoms with Crippen molar-refractivity contribution in [2.75, 3.05) is 13.2 Å². The van der Waals surface area contributed by atoms with Crippen LogP contribution in [0.15, 0.2) is 5.16 Å². The fourth-order valence-electron chi connectivity index (χ4n) is 1.52. The van der Waals surface area contributed by atoms with Crippen LogP contribution in [0.4, 0.5) is 0 Å². The van der Waals surface area contributed by atoms with Gasteiger partial charge in [-0.1, -0.05) is 12.1 Å². The molecule has 1 aliphatic rings. The monoisotopic (exact) mass is 187 g/mol. The zero-order chi connectivity index (χ0) is 9.84. The minimum atomic E-state index is 0.142. The number of guanidine groups is 1. The molecule has 13 heavy (non-hydrogen) atoms. The molecule has 2 atom stereocenters. The minimum Gasteiger partial charge on any atom is -0.408 e. The number of morpholine rings is 1. The number of hydrogen-bond acceptors (Lipinski definition) is 3. The lowest BCUT2D eigenvalue weighted by Crippen LogP contribution is -2.53. The van der Waals surface area contributed by atoms with Crippen molar-refractivity contribution in [1.82, 2.24) is 4.90 Å². The number of hydrogen-bond donors (Lipinski definition) is 2. The SMILES string of the molecule is CCC1COC(C)CN1C(N)=NO. The molecule has 0 radical (unpaired) electrons. The molecule has 0 aliphatic carbocycles. The third kappa shape index (κ3) is 2.24. The van der Waals surface area contributed by atoms with Crippen LogP contribution in [-0.2, 0) is 4.74 Å². The molecule has 0 saturated carbocycles. The van der Waals surface area contributed by atoms with Gasteiger partial charge < -0.3 is 20.6 Å². The van der Waals surface area contributed by atoms with Crippen molar-refractivity contribution in [2.24, 2.45) is 10.9 Å². The Morgan fingerprint density at radius 1 is 1.77 bits per heavy atom. The van der Waals surface area contributed by atoms with Gasteiger partial charge in [-0.3, -0.25) is 0 Å². The topological polar surface area (TPSA) is 71.1 Å². The van der Waals surface area contributed by atoms with Crippen LogP contribution in [-0.4, -0.2) is 41.4 Å². The molecule has 0 aromatic heterocycles. The second kappa shape index (κ2) is 4.32. The highest BCUT2D eigenvalue weighted by Crippen LogP contribution is 2.13. The average molecular weight is 187 g/mol. The van der Waals surface area contributed by atoms with E-state index in [2.05, 4.69) is 12.1 Å². The van der Waals surface area contributed by atoms with Crippen molar-refractivity contribution < 1.29 is 9.94 Å². The Kier molecular flexibility index (Phi) is 3.36. The third-order valence-corrected chi connectivity index (χ3v) is 2.34. The van der Waals surface area contributed by atoms with Crippen LogP contribution in [0.5, 0.6) is 0 Å². The van der Waals surface area contributed by atoms with Gasteiger partial charge in [0, 0.05) is 6.54 Å². The maximum atomic E-state index is 8.57. The summed E-state index contributed by atoms with van der Waals surface area (Å²) in [5.74, 6) is 0.182. The Morgan fingerprint density at radius 2 is 2.46 bits per heavy atom. The lowest BCUT2D eigenvalue weighted by molar-refractivity contribution is -0.0298. The summed E-state index contributed by atoms with van der Waals surface area (Å²) in [4.78, 5) is 1.88. The molecule has 1 rings (SSSR count). The van der Waals surface area contributed by atoms with Gasteiger partial charge in [-0.15, -0.1) is 0 Å². The smallest absolute Gasteiger partial charge is 0.233 e. The lowest BCUT2D eigenvalue weighted by atomic mass is 10.1. The van der Waals surface area contributed by atoms with E-state index >= 15 is 0 Å². The molecule has 1 heterocycles. The molecule has 0 amide bonds. The molecule has 0 spiro atoms. The predicted molar refractivity (Wildman–Crippen MR) is 49.6 cm³/mol. The number of nitrogens with zero attached hydrogens (tertiary/aromatic N) is 2. The van der Waals surface area contributed by atoms with Gasteiger partial charge in [0.05, 0.1) is 18.8 Å². The summed E-state index contributed by atoms with van der Waals surface area (Å²) in [6.45, 7) is 5.37. The Hall–Kier alpha value is -0.970. The van der Waals surface area contributed by atoms with Crippen LogP contribution in [0.2, 0.25) is 0 Å². The van der Waals surface area contributed by atoms with Gasteiger partial charge >= 0.3 is 0 Å². The Labute approximate surface area is 78.1 Å². The van der Waals surface area contributed by atoms with Crippen molar-refractivity contribution in [3.63, 3.8) is 0 Å². The van der Waals surface area contributed by atoms with Crippen molar-refractivity contribution in [2.45, 2.75) is 32.4 Å². The highest BCUT2D eigenvalue weighted by molar-refractivity contribution is 5.77. The highest BCUT2D eigenvalue weighted by atomic mass is 16.5. The Bertz CT molecular complexity index is 196. The molecule has 76 valence electrons. The van der Waals surface area contributed by atoms with E-state index in [-0.39, 0.29) is 18.1 Å². The van der Waals surface area contributed by atoms with E-state index in [1.807, 2.05) is 11.8 Å². The van der Waals surface area contributed by atoms with Gasteiger partial charge in [-0.05, 0) is 13.3 Å². The van der Waals surface area contributed by atoms with Crippen LogP contribution < -0.4 is 5.73 Å². The second-order valence-corrected chi connectivity index (χ2v) is 3.32. The van der Waals surface area contributed by atoms with Crippen molar-refractivity contribution in [1.29, 1.82) is 0 Å². The summed E-state index contributed by atoms with van der Waals surface area (Å²) >= 11 is 0. The summed E-state index contributed by atoms with van der Waals surface area (Å²) in [6, 6.07) is 0.229. The van der Waals surface area contributed by atoms with Gasteiger partial charge in [-0.2, -0.15) is 0 Å². The summed E-state index contributed by atoms with van der Waals surface area (Å²) in [5, 5.41) is 11.6. The first kappa shape index (κ1) is 10.1. The van der Waals surface area contributed by atoms with E-state index in [0.717, 1.165) is 6.42 Å². The molecule has 0 aromatic carbocycles. The minimum absolute atomic E-state index is 0.142. The summed E-state index contributed by atoms with van der Waals surface area (Å²) in [6.07, 6.45) is 1.08. The number of nitrogens with two attached hydrogens (primary N) is 1. The van der Waals surface area contributed by atoms with E-state index in [1.54, 1.807) is 0 Å². The summed E-state index contributed by atoms with van der Waals surface area (Å²) < 4.78 is 5.47. The number of oxime groups is 1. The lowest BCUT2D eigenvalue weighted by Gasteiger charge is -2.38. The van der Waals surface area contributed by atoms with E-state index < -0.39 is 0 Å². The van der Waals surface area contributed by atoms with E-state index in [9.17, 15) is 0 Å². The zero-order valence-electron chi connectivity index (χ0n) is 8.10. The predicted octanol–water partition coefficient (Wildman–Crippen LogP) is 0.190. The molecule has 5 heteroatoms. The van der Waals surface area contributed by atoms with Gasteiger partial charge in [0.25, 0.3) is 0 Å². The Morgan fingerprint density at radius 3 is 3.00 bits per heavy atom. The normalized spacial score (nSPS) is 30.6. The third-order valence-electron chi connectivity index (χ3n) is 2.34. The molecule has 0 aromatic rings. The van der Waals surface area contributed by atoms with Gasteiger partial charge in [0.15, 0.2) is 0 Å².